The zero-order valence-corrected chi connectivity index (χ0v) is 5.23. The van der Waals surface area contributed by atoms with Crippen LogP contribution in [0.3, 0.4) is 0 Å². The molecule has 0 unspecified atom stereocenters. The Labute approximate surface area is 59.2 Å². The fraction of sp³-hybridized carbons (Fsp3) is 0. The second-order valence-corrected chi connectivity index (χ2v) is 0.224. The molecule has 0 aromatic heterocycles. The summed E-state index contributed by atoms with van der Waals surface area (Å²) in [6, 6.07) is 0. The zero-order valence-electron chi connectivity index (χ0n) is 3.67. The summed E-state index contributed by atoms with van der Waals surface area (Å²) >= 11 is 0. The Balaban J connectivity index is -0.00000000750. The van der Waals surface area contributed by atoms with Gasteiger partial charge in [-0.1, -0.05) is 0 Å². The minimum Gasteiger partial charge on any atom is -0.412 e. The van der Waals surface area contributed by atoms with Gasteiger partial charge in [0, 0.05) is 21.7 Å². The molecule has 52 valence electrons. The van der Waals surface area contributed by atoms with Crippen LogP contribution in [0, 0.1) is 15.3 Å². The summed E-state index contributed by atoms with van der Waals surface area (Å²) in [6.45, 7) is 0. The fourth-order valence-electron chi connectivity index (χ4n) is 0. The molecular formula is H6NO6Ti-. The van der Waals surface area contributed by atoms with Crippen molar-refractivity contribution in [1.29, 1.82) is 0 Å². The van der Waals surface area contributed by atoms with Gasteiger partial charge in [0.25, 0.3) is 0 Å². The van der Waals surface area contributed by atoms with Gasteiger partial charge in [-0.25, -0.2) is 0 Å². The van der Waals surface area contributed by atoms with Crippen molar-refractivity contribution in [3.05, 3.63) is 15.3 Å². The minimum atomic E-state index is -1.75. The molecule has 0 atom stereocenters. The number of hydrogen-bond donors (Lipinski definition) is 0. The van der Waals surface area contributed by atoms with E-state index >= 15 is 0 Å². The summed E-state index contributed by atoms with van der Waals surface area (Å²) in [5, 5.41) is 14.8. The Hall–Kier alpha value is -0.206. The van der Waals surface area contributed by atoms with E-state index in [2.05, 4.69) is 0 Å². The molecule has 0 saturated heterocycles. The smallest absolute Gasteiger partial charge is 0.0689 e. The summed E-state index contributed by atoms with van der Waals surface area (Å²) in [6.07, 6.45) is 0. The Bertz CT molecular complexity index is 31.5. The first-order chi connectivity index (χ1) is 1.73. The van der Waals surface area contributed by atoms with Gasteiger partial charge in [0.05, 0.1) is 5.09 Å². The molecule has 0 spiro atoms. The second-order valence-electron chi connectivity index (χ2n) is 0.224. The third kappa shape index (κ3) is 3150. The second kappa shape index (κ2) is 29.2. The van der Waals surface area contributed by atoms with Crippen molar-refractivity contribution in [2.75, 3.05) is 0 Å². The van der Waals surface area contributed by atoms with Gasteiger partial charge < -0.3 is 31.8 Å². The van der Waals surface area contributed by atoms with Crippen LogP contribution in [0.5, 0.6) is 0 Å². The topological polar surface area (TPSA) is 161 Å². The average Bonchev–Trinajstić information content (AvgIpc) is 0.811. The van der Waals surface area contributed by atoms with Crippen LogP contribution in [0.4, 0.5) is 0 Å². The molecule has 0 saturated carbocycles. The molecule has 0 aliphatic heterocycles. The maximum absolute atomic E-state index is 8.25. The molecule has 0 bridgehead atoms. The minimum absolute atomic E-state index is 0. The first kappa shape index (κ1) is 46.1. The summed E-state index contributed by atoms with van der Waals surface area (Å²) in [5.74, 6) is 0. The third-order valence-corrected chi connectivity index (χ3v) is 0. The van der Waals surface area contributed by atoms with Crippen molar-refractivity contribution in [3.63, 3.8) is 0 Å². The van der Waals surface area contributed by atoms with Gasteiger partial charge in [-0.05, 0) is 0 Å². The number of hydrogen-bond acceptors (Lipinski definition) is 3. The van der Waals surface area contributed by atoms with E-state index in [0.717, 1.165) is 0 Å². The van der Waals surface area contributed by atoms with E-state index in [1.165, 1.54) is 0 Å². The van der Waals surface area contributed by atoms with E-state index in [-0.39, 0.29) is 38.1 Å². The van der Waals surface area contributed by atoms with Crippen LogP contribution in [-0.4, -0.2) is 21.5 Å². The van der Waals surface area contributed by atoms with Crippen LogP contribution < -0.4 is 0 Å². The van der Waals surface area contributed by atoms with E-state index < -0.39 is 5.09 Å². The van der Waals surface area contributed by atoms with Crippen molar-refractivity contribution in [2.45, 2.75) is 0 Å². The van der Waals surface area contributed by atoms with Crippen LogP contribution in [-0.2, 0) is 21.7 Å². The monoisotopic (exact) mass is 164 g/mol. The molecule has 0 rings (SSSR count). The standard InChI is InChI=1S/NO3.3H2O.Ti/c2-1(3)4;;;;/h;3*1H2;/q-1;;;;. The number of nitrogens with zero attached hydrogens (tertiary/aromatic N) is 1. The summed E-state index contributed by atoms with van der Waals surface area (Å²) in [5.41, 5.74) is 0. The summed E-state index contributed by atoms with van der Waals surface area (Å²) in [7, 11) is 0. The van der Waals surface area contributed by atoms with Gasteiger partial charge in [-0.15, -0.1) is 0 Å². The van der Waals surface area contributed by atoms with Gasteiger partial charge in [-0.3, -0.25) is 0 Å². The van der Waals surface area contributed by atoms with E-state index in [0.29, 0.717) is 0 Å². The van der Waals surface area contributed by atoms with Gasteiger partial charge in [0.15, 0.2) is 0 Å². The van der Waals surface area contributed by atoms with Crippen LogP contribution >= 0.6 is 0 Å². The van der Waals surface area contributed by atoms with Gasteiger partial charge in [0.1, 0.15) is 0 Å². The van der Waals surface area contributed by atoms with E-state index in [9.17, 15) is 0 Å². The molecule has 0 amide bonds. The molecule has 0 fully saturated rings. The molecule has 7 nitrogen and oxygen atoms in total. The first-order valence-corrected chi connectivity index (χ1v) is 0.548. The van der Waals surface area contributed by atoms with E-state index in [1.54, 1.807) is 0 Å². The molecular weight excluding hydrogens is 158 g/mol. The van der Waals surface area contributed by atoms with Gasteiger partial charge in [-0.2, -0.15) is 0 Å². The molecule has 8 heteroatoms. The average molecular weight is 164 g/mol. The molecule has 8 heavy (non-hydrogen) atoms. The Morgan fingerprint density at radius 1 is 1.00 bits per heavy atom. The van der Waals surface area contributed by atoms with Crippen LogP contribution in [0.15, 0.2) is 0 Å². The van der Waals surface area contributed by atoms with E-state index in [1.807, 2.05) is 0 Å². The van der Waals surface area contributed by atoms with Crippen LogP contribution in [0.2, 0.25) is 0 Å². The molecule has 6 N–H and O–H groups in total. The number of rotatable bonds is 0. The molecule has 0 radical (unpaired) electrons. The van der Waals surface area contributed by atoms with Gasteiger partial charge in [0.2, 0.25) is 0 Å². The van der Waals surface area contributed by atoms with Crippen LogP contribution in [0.25, 0.3) is 0 Å². The molecule has 0 aromatic rings. The predicted octanol–water partition coefficient (Wildman–Crippen LogP) is -2.72. The van der Waals surface area contributed by atoms with Crippen molar-refractivity contribution in [3.8, 4) is 0 Å². The normalized spacial score (nSPS) is 3.00. The quantitative estimate of drug-likeness (QED) is 0.216. The summed E-state index contributed by atoms with van der Waals surface area (Å²) in [4.78, 5) is 8.25. The Morgan fingerprint density at radius 2 is 1.00 bits per heavy atom. The fourth-order valence-corrected chi connectivity index (χ4v) is 0. The maximum atomic E-state index is 8.25. The van der Waals surface area contributed by atoms with E-state index in [4.69, 9.17) is 15.3 Å². The molecule has 0 aromatic carbocycles. The Kier molecular flexibility index (Phi) is 168. The van der Waals surface area contributed by atoms with Crippen molar-refractivity contribution >= 4 is 0 Å². The first-order valence-electron chi connectivity index (χ1n) is 0.548. The Morgan fingerprint density at radius 3 is 1.00 bits per heavy atom. The molecule has 0 aliphatic carbocycles. The molecule has 0 heterocycles. The zero-order chi connectivity index (χ0) is 3.58. The summed E-state index contributed by atoms with van der Waals surface area (Å²) < 4.78 is 0. The van der Waals surface area contributed by atoms with Gasteiger partial charge >= 0.3 is 0 Å². The third-order valence-electron chi connectivity index (χ3n) is 0. The van der Waals surface area contributed by atoms with Crippen molar-refractivity contribution in [2.24, 2.45) is 0 Å². The van der Waals surface area contributed by atoms with Crippen molar-refractivity contribution < 1.29 is 43.2 Å². The SMILES string of the molecule is O.O.O.O=[N+]([O-])[O-].[Ti]. The predicted molar refractivity (Wildman–Crippen MR) is 21.2 cm³/mol. The maximum Gasteiger partial charge on any atom is 0.0689 e. The van der Waals surface area contributed by atoms with Crippen LogP contribution in [0.1, 0.15) is 0 Å². The van der Waals surface area contributed by atoms with Crippen molar-refractivity contribution in [1.82, 2.24) is 0 Å². The largest absolute Gasteiger partial charge is 0.412 e. The molecule has 0 aliphatic rings.